The monoisotopic (exact) mass is 639 g/mol. The zero-order valence-electron chi connectivity index (χ0n) is 26.6. The summed E-state index contributed by atoms with van der Waals surface area (Å²) in [5.41, 5.74) is 4.20. The van der Waals surface area contributed by atoms with E-state index in [0.29, 0.717) is 34.1 Å². The fraction of sp³-hybridized carbons (Fsp3) is 0.194. The highest BCUT2D eigenvalue weighted by atomic mass is 32.2. The molecule has 0 aliphatic carbocycles. The summed E-state index contributed by atoms with van der Waals surface area (Å²) in [4.78, 5) is 40.6. The summed E-state index contributed by atoms with van der Waals surface area (Å²) in [5, 5.41) is 8.19. The van der Waals surface area contributed by atoms with Gasteiger partial charge < -0.3 is 30.2 Å². The van der Waals surface area contributed by atoms with Crippen molar-refractivity contribution < 1.29 is 28.6 Å². The second-order valence-corrected chi connectivity index (χ2v) is 11.8. The summed E-state index contributed by atoms with van der Waals surface area (Å²) in [5.74, 6) is 0.108. The van der Waals surface area contributed by atoms with Gasteiger partial charge in [-0.3, -0.25) is 14.4 Å². The first-order chi connectivity index (χ1) is 22.1. The van der Waals surface area contributed by atoms with Crippen LogP contribution < -0.4 is 30.2 Å². The van der Waals surface area contributed by atoms with E-state index in [1.165, 1.54) is 39.2 Å². The third-order valence-electron chi connectivity index (χ3n) is 6.98. The Morgan fingerprint density at radius 1 is 0.761 bits per heavy atom. The van der Waals surface area contributed by atoms with E-state index in [1.54, 1.807) is 60.7 Å². The number of hydrogen-bond donors (Lipinski definition) is 3. The SMILES string of the molecule is COc1cc(OC)c(OC)cc1/C=C(/NC(=O)c1ccccc1)C(=O)Nc1cccc(SC(C)C(=O)Nc2ccc(C)cc2C)c1. The number of carbonyl (C=O) groups is 3. The van der Waals surface area contributed by atoms with E-state index in [9.17, 15) is 14.4 Å². The molecule has 0 saturated heterocycles. The molecule has 0 heterocycles. The molecule has 9 nitrogen and oxygen atoms in total. The standard InChI is InChI=1S/C36H37N3O6S/c1-22-15-16-29(23(2)17-22)38-34(40)24(3)46-28-14-10-13-27(20-28)37-36(42)30(39-35(41)25-11-8-7-9-12-25)18-26-19-32(44-5)33(45-6)21-31(26)43-4/h7-21,24H,1-6H3,(H,37,42)(H,38,40)(H,39,41)/b30-18+. The summed E-state index contributed by atoms with van der Waals surface area (Å²) >= 11 is 1.36. The lowest BCUT2D eigenvalue weighted by molar-refractivity contribution is -0.115. The van der Waals surface area contributed by atoms with Crippen LogP contribution in [0, 0.1) is 13.8 Å². The van der Waals surface area contributed by atoms with Gasteiger partial charge in [-0.25, -0.2) is 0 Å². The zero-order chi connectivity index (χ0) is 33.2. The Labute approximate surface area is 273 Å². The van der Waals surface area contributed by atoms with Gasteiger partial charge in [0.1, 0.15) is 11.4 Å². The summed E-state index contributed by atoms with van der Waals surface area (Å²) in [7, 11) is 4.51. The second kappa shape index (κ2) is 15.7. The number of methoxy groups -OCH3 is 3. The summed E-state index contributed by atoms with van der Waals surface area (Å²) < 4.78 is 16.4. The largest absolute Gasteiger partial charge is 0.496 e. The van der Waals surface area contributed by atoms with Gasteiger partial charge in [0.15, 0.2) is 11.5 Å². The second-order valence-electron chi connectivity index (χ2n) is 10.4. The van der Waals surface area contributed by atoms with Crippen LogP contribution in [-0.2, 0) is 9.59 Å². The van der Waals surface area contributed by atoms with Gasteiger partial charge in [-0.15, -0.1) is 11.8 Å². The molecule has 3 amide bonds. The highest BCUT2D eigenvalue weighted by molar-refractivity contribution is 8.00. The first-order valence-corrected chi connectivity index (χ1v) is 15.3. The van der Waals surface area contributed by atoms with Crippen LogP contribution in [0.2, 0.25) is 0 Å². The maximum absolute atomic E-state index is 13.7. The van der Waals surface area contributed by atoms with Crippen LogP contribution in [0.4, 0.5) is 11.4 Å². The maximum Gasteiger partial charge on any atom is 0.272 e. The molecule has 0 fully saturated rings. The van der Waals surface area contributed by atoms with E-state index in [4.69, 9.17) is 14.2 Å². The van der Waals surface area contributed by atoms with Gasteiger partial charge in [0.05, 0.1) is 26.6 Å². The number of ether oxygens (including phenoxy) is 3. The minimum absolute atomic E-state index is 0.0290. The first kappa shape index (κ1) is 33.7. The molecule has 0 aliphatic rings. The number of anilines is 2. The summed E-state index contributed by atoms with van der Waals surface area (Å²) in [6, 6.07) is 24.9. The lowest BCUT2D eigenvalue weighted by atomic mass is 10.1. The predicted molar refractivity (Wildman–Crippen MR) is 183 cm³/mol. The van der Waals surface area contributed by atoms with Crippen molar-refractivity contribution in [3.05, 3.63) is 113 Å². The van der Waals surface area contributed by atoms with Gasteiger partial charge >= 0.3 is 0 Å². The number of aryl methyl sites for hydroxylation is 2. The van der Waals surface area contributed by atoms with E-state index < -0.39 is 17.1 Å². The average Bonchev–Trinajstić information content (AvgIpc) is 3.05. The molecule has 238 valence electrons. The Balaban J connectivity index is 1.57. The van der Waals surface area contributed by atoms with Crippen LogP contribution >= 0.6 is 11.8 Å². The number of thioether (sulfide) groups is 1. The molecule has 0 aliphatic heterocycles. The molecule has 4 rings (SSSR count). The number of benzene rings is 4. The van der Waals surface area contributed by atoms with Crippen molar-refractivity contribution in [2.75, 3.05) is 32.0 Å². The van der Waals surface area contributed by atoms with Gasteiger partial charge in [-0.1, -0.05) is 42.0 Å². The number of hydrogen-bond acceptors (Lipinski definition) is 7. The van der Waals surface area contributed by atoms with Crippen molar-refractivity contribution >= 4 is 46.9 Å². The number of nitrogens with one attached hydrogen (secondary N) is 3. The Kier molecular flexibility index (Phi) is 11.5. The Morgan fingerprint density at radius 2 is 1.46 bits per heavy atom. The Bertz CT molecular complexity index is 1760. The van der Waals surface area contributed by atoms with Crippen LogP contribution in [0.3, 0.4) is 0 Å². The van der Waals surface area contributed by atoms with Crippen molar-refractivity contribution in [1.82, 2.24) is 5.32 Å². The molecule has 46 heavy (non-hydrogen) atoms. The normalized spacial score (nSPS) is 11.7. The molecule has 0 saturated carbocycles. The predicted octanol–water partition coefficient (Wildman–Crippen LogP) is 6.86. The lowest BCUT2D eigenvalue weighted by Crippen LogP contribution is -2.30. The van der Waals surface area contributed by atoms with E-state index in [1.807, 2.05) is 45.0 Å². The number of carbonyl (C=O) groups excluding carboxylic acids is 3. The molecule has 0 spiro atoms. The third-order valence-corrected chi connectivity index (χ3v) is 8.07. The maximum atomic E-state index is 13.7. The topological polar surface area (TPSA) is 115 Å². The van der Waals surface area contributed by atoms with Crippen LogP contribution in [0.15, 0.2) is 95.5 Å². The Hall–Kier alpha value is -5.22. The van der Waals surface area contributed by atoms with Gasteiger partial charge in [-0.2, -0.15) is 0 Å². The minimum atomic E-state index is -0.566. The highest BCUT2D eigenvalue weighted by Crippen LogP contribution is 2.36. The molecule has 0 bridgehead atoms. The van der Waals surface area contributed by atoms with Gasteiger partial charge in [0.2, 0.25) is 5.91 Å². The molecule has 10 heteroatoms. The molecule has 3 N–H and O–H groups in total. The van der Waals surface area contributed by atoms with Crippen molar-refractivity contribution in [2.45, 2.75) is 30.9 Å². The number of amides is 3. The molecular formula is C36H37N3O6S. The van der Waals surface area contributed by atoms with Gasteiger partial charge in [0, 0.05) is 33.5 Å². The van der Waals surface area contributed by atoms with Crippen LogP contribution in [0.25, 0.3) is 6.08 Å². The van der Waals surface area contributed by atoms with Crippen molar-refractivity contribution in [3.8, 4) is 17.2 Å². The van der Waals surface area contributed by atoms with Gasteiger partial charge in [0.25, 0.3) is 11.8 Å². The van der Waals surface area contributed by atoms with E-state index in [-0.39, 0.29) is 11.6 Å². The van der Waals surface area contributed by atoms with E-state index in [2.05, 4.69) is 16.0 Å². The smallest absolute Gasteiger partial charge is 0.272 e. The van der Waals surface area contributed by atoms with Crippen LogP contribution in [0.5, 0.6) is 17.2 Å². The first-order valence-electron chi connectivity index (χ1n) is 14.5. The fourth-order valence-corrected chi connectivity index (χ4v) is 5.48. The molecule has 1 unspecified atom stereocenters. The van der Waals surface area contributed by atoms with Crippen molar-refractivity contribution in [3.63, 3.8) is 0 Å². The zero-order valence-corrected chi connectivity index (χ0v) is 27.4. The molecule has 1 atom stereocenters. The minimum Gasteiger partial charge on any atom is -0.496 e. The quantitative estimate of drug-likeness (QED) is 0.115. The molecular weight excluding hydrogens is 602 g/mol. The highest BCUT2D eigenvalue weighted by Gasteiger charge is 2.19. The molecule has 4 aromatic carbocycles. The summed E-state index contributed by atoms with van der Waals surface area (Å²) in [6.45, 7) is 5.79. The fourth-order valence-electron chi connectivity index (χ4n) is 4.55. The Morgan fingerprint density at radius 3 is 2.13 bits per heavy atom. The molecule has 0 radical (unpaired) electrons. The summed E-state index contributed by atoms with van der Waals surface area (Å²) in [6.07, 6.45) is 1.51. The molecule has 0 aromatic heterocycles. The lowest BCUT2D eigenvalue weighted by Gasteiger charge is -2.16. The van der Waals surface area contributed by atoms with Crippen molar-refractivity contribution in [1.29, 1.82) is 0 Å². The van der Waals surface area contributed by atoms with Crippen molar-refractivity contribution in [2.24, 2.45) is 0 Å². The van der Waals surface area contributed by atoms with E-state index >= 15 is 0 Å². The van der Waals surface area contributed by atoms with Crippen LogP contribution in [-0.4, -0.2) is 44.3 Å². The third kappa shape index (κ3) is 8.70. The van der Waals surface area contributed by atoms with Crippen LogP contribution in [0.1, 0.15) is 34.0 Å². The average molecular weight is 640 g/mol. The van der Waals surface area contributed by atoms with E-state index in [0.717, 1.165) is 21.7 Å². The van der Waals surface area contributed by atoms with Gasteiger partial charge in [-0.05, 0) is 74.9 Å². The molecule has 4 aromatic rings. The number of rotatable bonds is 12.